The highest BCUT2D eigenvalue weighted by Crippen LogP contribution is 2.23. The molecule has 0 bridgehead atoms. The van der Waals surface area contributed by atoms with Gasteiger partial charge in [-0.2, -0.15) is 0 Å². The van der Waals surface area contributed by atoms with Crippen LogP contribution >= 0.6 is 22.6 Å². The quantitative estimate of drug-likeness (QED) is 0.112. The first-order valence-electron chi connectivity index (χ1n) is 13.2. The molecule has 0 aliphatic heterocycles. The number of ether oxygens (including phenoxy) is 2. The normalized spacial score (nSPS) is 10.1. The van der Waals surface area contributed by atoms with E-state index in [9.17, 15) is 9.59 Å². The lowest BCUT2D eigenvalue weighted by Crippen LogP contribution is -2.30. The van der Waals surface area contributed by atoms with Crippen molar-refractivity contribution in [3.63, 3.8) is 0 Å². The van der Waals surface area contributed by atoms with Crippen LogP contribution in [-0.2, 0) is 35.5 Å². The minimum atomic E-state index is -0.426. The zero-order valence-electron chi connectivity index (χ0n) is 22.9. The molecule has 0 unspecified atom stereocenters. The summed E-state index contributed by atoms with van der Waals surface area (Å²) in [7, 11) is 0. The molecule has 0 aromatic heterocycles. The number of nitrogens with one attached hydrogen (secondary N) is 1. The van der Waals surface area contributed by atoms with E-state index in [4.69, 9.17) is 9.47 Å². The summed E-state index contributed by atoms with van der Waals surface area (Å²) in [4.78, 5) is 25.7. The van der Waals surface area contributed by atoms with Crippen LogP contribution in [0.4, 0.5) is 21.0 Å². The zero-order chi connectivity index (χ0) is 28.6. The summed E-state index contributed by atoms with van der Waals surface area (Å²) in [5.74, 6) is 0. The van der Waals surface area contributed by atoms with Crippen molar-refractivity contribution in [2.24, 2.45) is 0 Å². The minimum absolute atomic E-state index is 0.279. The Balaban J connectivity index is 0.000000222. The zero-order valence-corrected chi connectivity index (χ0v) is 25.0. The number of alkyl halides is 1. The number of rotatable bonds is 9. The molecule has 0 aliphatic rings. The maximum absolute atomic E-state index is 12.3. The van der Waals surface area contributed by atoms with Crippen LogP contribution in [0, 0.1) is 0 Å². The van der Waals surface area contributed by atoms with Gasteiger partial charge >= 0.3 is 12.2 Å². The number of aryl methyl sites for hydroxylation is 2. The highest BCUT2D eigenvalue weighted by Gasteiger charge is 2.18. The molecule has 0 heterocycles. The average Bonchev–Trinajstić information content (AvgIpc) is 3.01. The molecule has 7 heteroatoms. The molecule has 4 aromatic rings. The molecule has 1 N–H and O–H groups in total. The lowest BCUT2D eigenvalue weighted by molar-refractivity contribution is 0.148. The summed E-state index contributed by atoms with van der Waals surface area (Å²) in [5, 5.41) is 2.77. The number of carbonyl (C=O) groups excluding carboxylic acids is 2. The molecule has 208 valence electrons. The fourth-order valence-electron chi connectivity index (χ4n) is 3.90. The van der Waals surface area contributed by atoms with Gasteiger partial charge in [-0.15, -0.1) is 0 Å². The first-order valence-corrected chi connectivity index (χ1v) is 14.8. The van der Waals surface area contributed by atoms with Crippen molar-refractivity contribution in [1.29, 1.82) is 0 Å². The van der Waals surface area contributed by atoms with E-state index in [0.717, 1.165) is 46.5 Å². The predicted molar refractivity (Wildman–Crippen MR) is 170 cm³/mol. The third-order valence-electron chi connectivity index (χ3n) is 6.06. The molecule has 0 aliphatic carbocycles. The molecule has 4 rings (SSSR count). The molecule has 40 heavy (non-hydrogen) atoms. The maximum Gasteiger partial charge on any atom is 0.415 e. The van der Waals surface area contributed by atoms with Crippen LogP contribution in [0.3, 0.4) is 0 Å². The number of benzene rings is 4. The van der Waals surface area contributed by atoms with Gasteiger partial charge < -0.3 is 9.47 Å². The standard InChI is InChI=1S/C17H18INO2.C16H17NO2/c1-2-15-10-6-7-11-16(15)19(13-18)17(20)21-12-14-8-4-3-5-9-14;1-2-14-10-6-7-11-15(14)17-16(18)19-12-13-8-4-3-5-9-13/h3-11H,2,12-13H2,1H3;3-11H,2,12H2,1H3,(H,17,18). The number of amides is 2. The molecule has 0 radical (unpaired) electrons. The SMILES string of the molecule is CCc1ccccc1N(CI)C(=O)OCc1ccccc1.CCc1ccccc1NC(=O)OCc1ccccc1. The number of para-hydroxylation sites is 2. The molecule has 0 spiro atoms. The summed E-state index contributed by atoms with van der Waals surface area (Å²) in [5.41, 5.74) is 5.94. The van der Waals surface area contributed by atoms with E-state index in [-0.39, 0.29) is 12.7 Å². The van der Waals surface area contributed by atoms with Gasteiger partial charge in [0.2, 0.25) is 0 Å². The van der Waals surface area contributed by atoms with Gasteiger partial charge in [-0.25, -0.2) is 9.59 Å². The first-order chi connectivity index (χ1) is 19.5. The third-order valence-corrected chi connectivity index (χ3v) is 6.74. The van der Waals surface area contributed by atoms with E-state index >= 15 is 0 Å². The van der Waals surface area contributed by atoms with Crippen LogP contribution in [0.2, 0.25) is 0 Å². The molecule has 0 atom stereocenters. The van der Waals surface area contributed by atoms with Gasteiger partial charge in [0, 0.05) is 5.69 Å². The van der Waals surface area contributed by atoms with Gasteiger partial charge in [0.25, 0.3) is 0 Å². The Morgan fingerprint density at radius 2 is 1.18 bits per heavy atom. The van der Waals surface area contributed by atoms with Crippen molar-refractivity contribution in [1.82, 2.24) is 0 Å². The van der Waals surface area contributed by atoms with E-state index in [0.29, 0.717) is 11.2 Å². The van der Waals surface area contributed by atoms with Crippen molar-refractivity contribution in [3.05, 3.63) is 131 Å². The molecule has 6 nitrogen and oxygen atoms in total. The van der Waals surface area contributed by atoms with Crippen molar-refractivity contribution < 1.29 is 19.1 Å². The van der Waals surface area contributed by atoms with Gasteiger partial charge in [-0.05, 0) is 47.2 Å². The van der Waals surface area contributed by atoms with Crippen LogP contribution in [-0.4, -0.2) is 16.7 Å². The van der Waals surface area contributed by atoms with E-state index in [1.54, 1.807) is 4.90 Å². The monoisotopic (exact) mass is 650 g/mol. The minimum Gasteiger partial charge on any atom is -0.444 e. The molecule has 2 amide bonds. The van der Waals surface area contributed by atoms with Gasteiger partial charge in [-0.1, -0.05) is 134 Å². The van der Waals surface area contributed by atoms with Gasteiger partial charge in [0.05, 0.1) is 10.2 Å². The topological polar surface area (TPSA) is 67.9 Å². The van der Waals surface area contributed by atoms with Gasteiger partial charge in [0.1, 0.15) is 13.2 Å². The number of carbonyl (C=O) groups is 2. The van der Waals surface area contributed by atoms with E-state index < -0.39 is 6.09 Å². The highest BCUT2D eigenvalue weighted by atomic mass is 127. The Labute approximate surface area is 250 Å². The van der Waals surface area contributed by atoms with Crippen LogP contribution in [0.5, 0.6) is 0 Å². The van der Waals surface area contributed by atoms with Crippen molar-refractivity contribution in [2.45, 2.75) is 39.9 Å². The van der Waals surface area contributed by atoms with Gasteiger partial charge in [-0.3, -0.25) is 10.2 Å². The van der Waals surface area contributed by atoms with E-state index in [1.165, 1.54) is 0 Å². The second-order valence-electron chi connectivity index (χ2n) is 8.77. The Hall–Kier alpha value is -3.85. The Bertz CT molecular complexity index is 1330. The maximum atomic E-state index is 12.3. The number of hydrogen-bond acceptors (Lipinski definition) is 4. The smallest absolute Gasteiger partial charge is 0.415 e. The Morgan fingerprint density at radius 1 is 0.675 bits per heavy atom. The van der Waals surface area contributed by atoms with Crippen molar-refractivity contribution >= 4 is 46.2 Å². The third kappa shape index (κ3) is 9.72. The van der Waals surface area contributed by atoms with Crippen molar-refractivity contribution in [2.75, 3.05) is 14.8 Å². The largest absolute Gasteiger partial charge is 0.444 e. The van der Waals surface area contributed by atoms with E-state index in [2.05, 4.69) is 41.8 Å². The van der Waals surface area contributed by atoms with Crippen LogP contribution in [0.15, 0.2) is 109 Å². The van der Waals surface area contributed by atoms with Crippen LogP contribution < -0.4 is 10.2 Å². The van der Waals surface area contributed by atoms with Crippen LogP contribution in [0.1, 0.15) is 36.1 Å². The summed E-state index contributed by atoms with van der Waals surface area (Å²) in [6.07, 6.45) is 1.02. The summed E-state index contributed by atoms with van der Waals surface area (Å²) < 4.78 is 11.2. The number of hydrogen-bond donors (Lipinski definition) is 1. The fraction of sp³-hybridized carbons (Fsp3) is 0.212. The van der Waals surface area contributed by atoms with Crippen molar-refractivity contribution in [3.8, 4) is 0 Å². The predicted octanol–water partition coefficient (Wildman–Crippen LogP) is 8.78. The molecular weight excluding hydrogens is 615 g/mol. The lowest BCUT2D eigenvalue weighted by Gasteiger charge is -2.22. The van der Waals surface area contributed by atoms with E-state index in [1.807, 2.05) is 109 Å². The summed E-state index contributed by atoms with van der Waals surface area (Å²) >= 11 is 2.18. The summed E-state index contributed by atoms with van der Waals surface area (Å²) in [6, 6.07) is 35.0. The molecule has 0 saturated heterocycles. The molecule has 0 saturated carbocycles. The highest BCUT2D eigenvalue weighted by molar-refractivity contribution is 14.1. The average molecular weight is 651 g/mol. The fourth-order valence-corrected chi connectivity index (χ4v) is 4.55. The molecule has 4 aromatic carbocycles. The first kappa shape index (κ1) is 30.7. The number of anilines is 2. The van der Waals surface area contributed by atoms with Gasteiger partial charge in [0.15, 0.2) is 0 Å². The lowest BCUT2D eigenvalue weighted by atomic mass is 10.1. The molecular formula is C33H35IN2O4. The summed E-state index contributed by atoms with van der Waals surface area (Å²) in [6.45, 7) is 4.71. The number of nitrogens with zero attached hydrogens (tertiary/aromatic N) is 1. The Kier molecular flexibility index (Phi) is 13.0. The second-order valence-corrected chi connectivity index (χ2v) is 9.45. The van der Waals surface area contributed by atoms with Crippen LogP contribution in [0.25, 0.3) is 0 Å². The number of halogens is 1. The molecule has 0 fully saturated rings. The second kappa shape index (κ2) is 17.0. The Morgan fingerprint density at radius 3 is 1.75 bits per heavy atom.